The van der Waals surface area contributed by atoms with Gasteiger partial charge in [-0.1, -0.05) is 12.1 Å². The third kappa shape index (κ3) is 4.68. The van der Waals surface area contributed by atoms with E-state index in [-0.39, 0.29) is 30.5 Å². The van der Waals surface area contributed by atoms with Crippen molar-refractivity contribution in [2.45, 2.75) is 38.8 Å². The van der Waals surface area contributed by atoms with Crippen LogP contribution in [0.25, 0.3) is 11.0 Å². The molecule has 0 unspecified atom stereocenters. The van der Waals surface area contributed by atoms with Gasteiger partial charge in [0.25, 0.3) is 0 Å². The molecular formula is C21H27ClN6O. The number of carbonyl (C=O) groups is 1. The van der Waals surface area contributed by atoms with Crippen molar-refractivity contribution >= 4 is 35.2 Å². The zero-order chi connectivity index (χ0) is 19.7. The Morgan fingerprint density at radius 1 is 1.17 bits per heavy atom. The lowest BCUT2D eigenvalue weighted by atomic mass is 9.97. The Labute approximate surface area is 176 Å². The SMILES string of the molecule is Cc1ccc(NC(=O)N[C@@H]2CCN(C)[C@@H](c3nc4ccccc4[nH]3)C2)c(C)n1.Cl. The Kier molecular flexibility index (Phi) is 6.39. The molecule has 1 aromatic carbocycles. The van der Waals surface area contributed by atoms with Crippen LogP contribution in [-0.4, -0.2) is 45.5 Å². The van der Waals surface area contributed by atoms with E-state index in [1.165, 1.54) is 0 Å². The number of amides is 2. The Morgan fingerprint density at radius 3 is 2.72 bits per heavy atom. The van der Waals surface area contributed by atoms with Gasteiger partial charge in [0.1, 0.15) is 5.82 Å². The van der Waals surface area contributed by atoms with E-state index < -0.39 is 0 Å². The van der Waals surface area contributed by atoms with Gasteiger partial charge in [0.15, 0.2) is 0 Å². The summed E-state index contributed by atoms with van der Waals surface area (Å²) in [6.07, 6.45) is 1.72. The molecule has 29 heavy (non-hydrogen) atoms. The maximum atomic E-state index is 12.5. The third-order valence-corrected chi connectivity index (χ3v) is 5.40. The molecule has 0 bridgehead atoms. The van der Waals surface area contributed by atoms with Crippen LogP contribution in [0.15, 0.2) is 36.4 Å². The van der Waals surface area contributed by atoms with Gasteiger partial charge in [0.2, 0.25) is 0 Å². The highest BCUT2D eigenvalue weighted by molar-refractivity contribution is 5.90. The van der Waals surface area contributed by atoms with Crippen molar-refractivity contribution in [2.75, 3.05) is 18.9 Å². The van der Waals surface area contributed by atoms with Crippen LogP contribution in [0.2, 0.25) is 0 Å². The number of hydrogen-bond acceptors (Lipinski definition) is 4. The summed E-state index contributed by atoms with van der Waals surface area (Å²) in [5, 5.41) is 6.04. The molecule has 1 aliphatic rings. The van der Waals surface area contributed by atoms with Gasteiger partial charge in [-0.05, 0) is 58.0 Å². The van der Waals surface area contributed by atoms with Crippen molar-refractivity contribution in [1.82, 2.24) is 25.2 Å². The number of halogens is 1. The minimum Gasteiger partial charge on any atom is -0.341 e. The number of hydrogen-bond donors (Lipinski definition) is 3. The van der Waals surface area contributed by atoms with Gasteiger partial charge >= 0.3 is 6.03 Å². The average molecular weight is 415 g/mol. The van der Waals surface area contributed by atoms with Crippen LogP contribution in [0, 0.1) is 13.8 Å². The lowest BCUT2D eigenvalue weighted by molar-refractivity contribution is 0.153. The predicted octanol–water partition coefficient (Wildman–Crippen LogP) is 3.95. The summed E-state index contributed by atoms with van der Waals surface area (Å²) in [6.45, 7) is 4.74. The van der Waals surface area contributed by atoms with Gasteiger partial charge in [0, 0.05) is 18.3 Å². The summed E-state index contributed by atoms with van der Waals surface area (Å²) in [6, 6.07) is 11.9. The van der Waals surface area contributed by atoms with Crippen molar-refractivity contribution in [2.24, 2.45) is 0 Å². The quantitative estimate of drug-likeness (QED) is 0.605. The molecule has 7 nitrogen and oxygen atoms in total. The first-order chi connectivity index (χ1) is 13.5. The standard InChI is InChI=1S/C21H26N6O.ClH/c1-13-8-9-16(14(2)22-13)26-21(28)23-15-10-11-27(3)19(12-15)20-24-17-6-4-5-7-18(17)25-20;/h4-9,15,19H,10-12H2,1-3H3,(H,24,25)(H2,23,26,28);1H/t15-,19-;/m1./s1. The fraction of sp³-hybridized carbons (Fsp3) is 0.381. The van der Waals surface area contributed by atoms with Crippen molar-refractivity contribution < 1.29 is 4.79 Å². The molecular weight excluding hydrogens is 388 g/mol. The number of nitrogens with zero attached hydrogens (tertiary/aromatic N) is 3. The number of H-pyrrole nitrogens is 1. The van der Waals surface area contributed by atoms with Crippen molar-refractivity contribution in [3.63, 3.8) is 0 Å². The van der Waals surface area contributed by atoms with E-state index in [1.807, 2.05) is 50.2 Å². The second kappa shape index (κ2) is 8.80. The minimum atomic E-state index is -0.188. The predicted molar refractivity (Wildman–Crippen MR) is 118 cm³/mol. The summed E-state index contributed by atoms with van der Waals surface area (Å²) < 4.78 is 0. The molecule has 2 atom stereocenters. The minimum absolute atomic E-state index is 0. The summed E-state index contributed by atoms with van der Waals surface area (Å²) in [4.78, 5) is 27.4. The molecule has 3 aromatic rings. The molecule has 0 radical (unpaired) electrons. The van der Waals surface area contributed by atoms with Gasteiger partial charge in [-0.2, -0.15) is 0 Å². The molecule has 1 fully saturated rings. The summed E-state index contributed by atoms with van der Waals surface area (Å²) in [5.41, 5.74) is 4.51. The fourth-order valence-corrected chi connectivity index (χ4v) is 3.83. The van der Waals surface area contributed by atoms with Gasteiger partial charge in [-0.15, -0.1) is 12.4 Å². The van der Waals surface area contributed by atoms with Gasteiger partial charge < -0.3 is 15.6 Å². The first-order valence-corrected chi connectivity index (χ1v) is 9.66. The Morgan fingerprint density at radius 2 is 1.97 bits per heavy atom. The molecule has 3 N–H and O–H groups in total. The van der Waals surface area contributed by atoms with E-state index >= 15 is 0 Å². The number of nitrogens with one attached hydrogen (secondary N) is 3. The van der Waals surface area contributed by atoms with E-state index in [2.05, 4.69) is 32.5 Å². The number of anilines is 1. The monoisotopic (exact) mass is 414 g/mol. The van der Waals surface area contributed by atoms with Crippen LogP contribution >= 0.6 is 12.4 Å². The van der Waals surface area contributed by atoms with E-state index in [4.69, 9.17) is 4.98 Å². The van der Waals surface area contributed by atoms with Crippen molar-refractivity contribution in [3.05, 3.63) is 53.6 Å². The van der Waals surface area contributed by atoms with Crippen LogP contribution in [0.3, 0.4) is 0 Å². The molecule has 3 heterocycles. The van der Waals surface area contributed by atoms with Crippen LogP contribution in [0.5, 0.6) is 0 Å². The highest BCUT2D eigenvalue weighted by atomic mass is 35.5. The van der Waals surface area contributed by atoms with E-state index in [0.717, 1.165) is 53.3 Å². The van der Waals surface area contributed by atoms with Crippen LogP contribution < -0.4 is 10.6 Å². The molecule has 1 aliphatic heterocycles. The van der Waals surface area contributed by atoms with Crippen LogP contribution in [-0.2, 0) is 0 Å². The molecule has 8 heteroatoms. The fourth-order valence-electron chi connectivity index (χ4n) is 3.83. The summed E-state index contributed by atoms with van der Waals surface area (Å²) in [5.74, 6) is 0.953. The number of carbonyl (C=O) groups excluding carboxylic acids is 1. The Hall–Kier alpha value is -2.64. The van der Waals surface area contributed by atoms with Gasteiger partial charge in [-0.3, -0.25) is 9.88 Å². The first kappa shape index (κ1) is 21.1. The van der Waals surface area contributed by atoms with Gasteiger partial charge in [-0.25, -0.2) is 9.78 Å². The summed E-state index contributed by atoms with van der Waals surface area (Å²) >= 11 is 0. The van der Waals surface area contributed by atoms with E-state index in [0.29, 0.717) is 0 Å². The summed E-state index contributed by atoms with van der Waals surface area (Å²) in [7, 11) is 2.11. The molecule has 2 amide bonds. The van der Waals surface area contributed by atoms with Crippen LogP contribution in [0.4, 0.5) is 10.5 Å². The molecule has 0 saturated carbocycles. The number of fused-ring (bicyclic) bond motifs is 1. The number of piperidine rings is 1. The Bertz CT molecular complexity index is 971. The first-order valence-electron chi connectivity index (χ1n) is 9.66. The molecule has 0 spiro atoms. The van der Waals surface area contributed by atoms with Crippen LogP contribution in [0.1, 0.15) is 36.1 Å². The second-order valence-corrected chi connectivity index (χ2v) is 7.54. The van der Waals surface area contributed by atoms with E-state index in [9.17, 15) is 4.79 Å². The molecule has 4 rings (SSSR count). The smallest absolute Gasteiger partial charge is 0.319 e. The Balaban J connectivity index is 0.00000240. The zero-order valence-corrected chi connectivity index (χ0v) is 17.7. The van der Waals surface area contributed by atoms with Crippen molar-refractivity contribution in [3.8, 4) is 0 Å². The number of benzene rings is 1. The number of aromatic nitrogens is 3. The molecule has 1 saturated heterocycles. The number of aromatic amines is 1. The largest absolute Gasteiger partial charge is 0.341 e. The van der Waals surface area contributed by atoms with Gasteiger partial charge in [0.05, 0.1) is 28.5 Å². The maximum Gasteiger partial charge on any atom is 0.319 e. The number of para-hydroxylation sites is 2. The molecule has 2 aromatic heterocycles. The topological polar surface area (TPSA) is 85.9 Å². The number of rotatable bonds is 3. The second-order valence-electron chi connectivity index (χ2n) is 7.54. The van der Waals surface area contributed by atoms with Crippen molar-refractivity contribution in [1.29, 1.82) is 0 Å². The normalized spacial score (nSPS) is 19.6. The number of aryl methyl sites for hydroxylation is 2. The molecule has 0 aliphatic carbocycles. The number of pyridine rings is 1. The number of urea groups is 1. The maximum absolute atomic E-state index is 12.5. The molecule has 154 valence electrons. The third-order valence-electron chi connectivity index (χ3n) is 5.40. The lowest BCUT2D eigenvalue weighted by Crippen LogP contribution is -2.46. The van der Waals surface area contributed by atoms with E-state index in [1.54, 1.807) is 0 Å². The zero-order valence-electron chi connectivity index (χ0n) is 16.9. The lowest BCUT2D eigenvalue weighted by Gasteiger charge is -2.36. The highest BCUT2D eigenvalue weighted by Gasteiger charge is 2.30. The average Bonchev–Trinajstić information content (AvgIpc) is 3.09. The highest BCUT2D eigenvalue weighted by Crippen LogP contribution is 2.29. The number of likely N-dealkylation sites (tertiary alicyclic amines) is 1. The number of imidazole rings is 1.